The van der Waals surface area contributed by atoms with Crippen LogP contribution in [-0.4, -0.2) is 12.5 Å². The van der Waals surface area contributed by atoms with E-state index >= 15 is 0 Å². The van der Waals surface area contributed by atoms with Gasteiger partial charge in [0.25, 0.3) is 0 Å². The Morgan fingerprint density at radius 2 is 1.86 bits per heavy atom. The van der Waals surface area contributed by atoms with Crippen molar-refractivity contribution in [2.24, 2.45) is 0 Å². The van der Waals surface area contributed by atoms with Crippen LogP contribution in [0.4, 0.5) is 0 Å². The summed E-state index contributed by atoms with van der Waals surface area (Å²) in [5.74, 6) is 0.157. The van der Waals surface area contributed by atoms with Gasteiger partial charge in [0.15, 0.2) is 0 Å². The fourth-order valence-corrected chi connectivity index (χ4v) is 1.23. The summed E-state index contributed by atoms with van der Waals surface area (Å²) in [6, 6.07) is 0. The second kappa shape index (κ2) is 8.79. The van der Waals surface area contributed by atoms with Crippen molar-refractivity contribution in [2.45, 2.75) is 52.4 Å². The van der Waals surface area contributed by atoms with E-state index in [0.717, 1.165) is 12.0 Å². The summed E-state index contributed by atoms with van der Waals surface area (Å²) < 4.78 is 0. The zero-order valence-electron chi connectivity index (χ0n) is 9.57. The Balaban J connectivity index is 3.22. The second-order valence-corrected chi connectivity index (χ2v) is 3.90. The van der Waals surface area contributed by atoms with Gasteiger partial charge in [0.2, 0.25) is 5.91 Å². The van der Waals surface area contributed by atoms with Crippen LogP contribution in [0.3, 0.4) is 0 Å². The Morgan fingerprint density at radius 1 is 1.21 bits per heavy atom. The monoisotopic (exact) mass is 197 g/mol. The highest BCUT2D eigenvalue weighted by Crippen LogP contribution is 2.04. The number of carbonyl (C=O) groups excluding carboxylic acids is 1. The Kier molecular flexibility index (Phi) is 8.30. The lowest BCUT2D eigenvalue weighted by atomic mass is 10.1. The van der Waals surface area contributed by atoms with Crippen molar-refractivity contribution in [1.82, 2.24) is 5.32 Å². The first-order chi connectivity index (χ1) is 6.66. The Hall–Kier alpha value is -0.790. The van der Waals surface area contributed by atoms with Crippen LogP contribution >= 0.6 is 0 Å². The molecule has 0 aliphatic heterocycles. The van der Waals surface area contributed by atoms with Gasteiger partial charge in [0.1, 0.15) is 0 Å². The van der Waals surface area contributed by atoms with Crippen molar-refractivity contribution in [3.63, 3.8) is 0 Å². The summed E-state index contributed by atoms with van der Waals surface area (Å²) in [5.41, 5.74) is 1.00. The van der Waals surface area contributed by atoms with E-state index in [2.05, 4.69) is 18.8 Å². The molecule has 0 aromatic carbocycles. The molecule has 0 radical (unpaired) electrons. The molecule has 1 amide bonds. The highest BCUT2D eigenvalue weighted by atomic mass is 16.1. The zero-order chi connectivity index (χ0) is 10.8. The second-order valence-electron chi connectivity index (χ2n) is 3.90. The SMILES string of the molecule is C=C(C)CNC(=O)CCCCCCC. The maximum atomic E-state index is 11.2. The minimum absolute atomic E-state index is 0.157. The molecule has 2 heteroatoms. The molecular formula is C12H23NO. The summed E-state index contributed by atoms with van der Waals surface area (Å²) >= 11 is 0. The molecule has 0 aliphatic rings. The predicted molar refractivity (Wildman–Crippen MR) is 61.2 cm³/mol. The van der Waals surface area contributed by atoms with Crippen molar-refractivity contribution in [2.75, 3.05) is 6.54 Å². The van der Waals surface area contributed by atoms with E-state index < -0.39 is 0 Å². The summed E-state index contributed by atoms with van der Waals surface area (Å²) in [6.07, 6.45) is 6.65. The Labute approximate surface area is 87.8 Å². The highest BCUT2D eigenvalue weighted by molar-refractivity contribution is 5.76. The van der Waals surface area contributed by atoms with Crippen LogP contribution in [0.15, 0.2) is 12.2 Å². The molecular weight excluding hydrogens is 174 g/mol. The van der Waals surface area contributed by atoms with Gasteiger partial charge in [0, 0.05) is 13.0 Å². The topological polar surface area (TPSA) is 29.1 Å². The lowest BCUT2D eigenvalue weighted by molar-refractivity contribution is -0.121. The van der Waals surface area contributed by atoms with Crippen molar-refractivity contribution in [3.05, 3.63) is 12.2 Å². The first-order valence-corrected chi connectivity index (χ1v) is 5.58. The fraction of sp³-hybridized carbons (Fsp3) is 0.750. The standard InChI is InChI=1S/C12H23NO/c1-4-5-6-7-8-9-12(14)13-10-11(2)3/h2,4-10H2,1,3H3,(H,13,14). The molecule has 0 spiro atoms. The number of amides is 1. The van der Waals surface area contributed by atoms with Gasteiger partial charge in [-0.05, 0) is 13.3 Å². The summed E-state index contributed by atoms with van der Waals surface area (Å²) in [7, 11) is 0. The van der Waals surface area contributed by atoms with Gasteiger partial charge in [-0.2, -0.15) is 0 Å². The maximum absolute atomic E-state index is 11.2. The highest BCUT2D eigenvalue weighted by Gasteiger charge is 1.99. The Morgan fingerprint density at radius 3 is 2.43 bits per heavy atom. The zero-order valence-corrected chi connectivity index (χ0v) is 9.57. The first kappa shape index (κ1) is 13.2. The lowest BCUT2D eigenvalue weighted by Gasteiger charge is -2.04. The summed E-state index contributed by atoms with van der Waals surface area (Å²) in [6.45, 7) is 8.46. The molecule has 0 aliphatic carbocycles. The van der Waals surface area contributed by atoms with Crippen LogP contribution in [0.1, 0.15) is 52.4 Å². The number of carbonyl (C=O) groups is 1. The first-order valence-electron chi connectivity index (χ1n) is 5.58. The molecule has 0 saturated heterocycles. The van der Waals surface area contributed by atoms with E-state index in [4.69, 9.17) is 0 Å². The maximum Gasteiger partial charge on any atom is 0.220 e. The van der Waals surface area contributed by atoms with E-state index in [1.54, 1.807) is 0 Å². The molecule has 1 N–H and O–H groups in total. The molecule has 0 rings (SSSR count). The number of unbranched alkanes of at least 4 members (excludes halogenated alkanes) is 4. The smallest absolute Gasteiger partial charge is 0.220 e. The average molecular weight is 197 g/mol. The largest absolute Gasteiger partial charge is 0.352 e. The fourth-order valence-electron chi connectivity index (χ4n) is 1.23. The molecule has 0 atom stereocenters. The minimum Gasteiger partial charge on any atom is -0.352 e. The third kappa shape index (κ3) is 9.30. The molecule has 0 aromatic heterocycles. The van der Waals surface area contributed by atoms with E-state index in [-0.39, 0.29) is 5.91 Å². The van der Waals surface area contributed by atoms with Gasteiger partial charge in [-0.1, -0.05) is 44.8 Å². The van der Waals surface area contributed by atoms with Crippen LogP contribution in [0.25, 0.3) is 0 Å². The van der Waals surface area contributed by atoms with Crippen LogP contribution in [0.2, 0.25) is 0 Å². The van der Waals surface area contributed by atoms with Crippen molar-refractivity contribution in [3.8, 4) is 0 Å². The van der Waals surface area contributed by atoms with Gasteiger partial charge in [0.05, 0.1) is 0 Å². The van der Waals surface area contributed by atoms with E-state index in [1.165, 1.54) is 25.7 Å². The molecule has 82 valence electrons. The summed E-state index contributed by atoms with van der Waals surface area (Å²) in [4.78, 5) is 11.2. The Bertz CT molecular complexity index is 175. The van der Waals surface area contributed by atoms with Crippen LogP contribution in [-0.2, 0) is 4.79 Å². The molecule has 0 unspecified atom stereocenters. The quantitative estimate of drug-likeness (QED) is 0.470. The number of hydrogen-bond donors (Lipinski definition) is 1. The number of hydrogen-bond acceptors (Lipinski definition) is 1. The molecule has 0 fully saturated rings. The normalized spacial score (nSPS) is 9.86. The minimum atomic E-state index is 0.157. The van der Waals surface area contributed by atoms with E-state index in [9.17, 15) is 4.79 Å². The third-order valence-corrected chi connectivity index (χ3v) is 2.09. The summed E-state index contributed by atoms with van der Waals surface area (Å²) in [5, 5.41) is 2.83. The van der Waals surface area contributed by atoms with Crippen molar-refractivity contribution in [1.29, 1.82) is 0 Å². The average Bonchev–Trinajstić information content (AvgIpc) is 2.14. The number of nitrogens with one attached hydrogen (secondary N) is 1. The van der Waals surface area contributed by atoms with Gasteiger partial charge in [-0.25, -0.2) is 0 Å². The van der Waals surface area contributed by atoms with Crippen molar-refractivity contribution >= 4 is 5.91 Å². The van der Waals surface area contributed by atoms with Gasteiger partial charge >= 0.3 is 0 Å². The van der Waals surface area contributed by atoms with E-state index in [0.29, 0.717) is 13.0 Å². The predicted octanol–water partition coefficient (Wildman–Crippen LogP) is 3.04. The molecule has 0 heterocycles. The van der Waals surface area contributed by atoms with E-state index in [1.807, 2.05) is 6.92 Å². The van der Waals surface area contributed by atoms with Crippen LogP contribution in [0.5, 0.6) is 0 Å². The van der Waals surface area contributed by atoms with Gasteiger partial charge in [-0.15, -0.1) is 0 Å². The third-order valence-electron chi connectivity index (χ3n) is 2.09. The lowest BCUT2D eigenvalue weighted by Crippen LogP contribution is -2.24. The molecule has 0 bridgehead atoms. The van der Waals surface area contributed by atoms with Gasteiger partial charge < -0.3 is 5.32 Å². The van der Waals surface area contributed by atoms with Crippen LogP contribution in [0, 0.1) is 0 Å². The molecule has 14 heavy (non-hydrogen) atoms. The van der Waals surface area contributed by atoms with Gasteiger partial charge in [-0.3, -0.25) is 4.79 Å². The molecule has 0 aromatic rings. The molecule has 2 nitrogen and oxygen atoms in total. The molecule has 0 saturated carbocycles. The number of rotatable bonds is 8. The van der Waals surface area contributed by atoms with Crippen molar-refractivity contribution < 1.29 is 4.79 Å². The van der Waals surface area contributed by atoms with Crippen LogP contribution < -0.4 is 5.32 Å².